The molecule has 4 aliphatic rings. The van der Waals surface area contributed by atoms with Crippen LogP contribution in [0.3, 0.4) is 0 Å². The van der Waals surface area contributed by atoms with Crippen molar-refractivity contribution in [3.63, 3.8) is 0 Å². The molecule has 6 rings (SSSR count). The molecule has 0 saturated carbocycles. The average Bonchev–Trinajstić information content (AvgIpc) is 3.55. The monoisotopic (exact) mass is 462 g/mol. The summed E-state index contributed by atoms with van der Waals surface area (Å²) in [6.07, 6.45) is 5.56. The molecule has 0 atom stereocenters. The number of anilines is 1. The van der Waals surface area contributed by atoms with Crippen LogP contribution in [0.5, 0.6) is 0 Å². The van der Waals surface area contributed by atoms with Gasteiger partial charge in [-0.3, -0.25) is 4.79 Å². The van der Waals surface area contributed by atoms with E-state index in [0.29, 0.717) is 29.2 Å². The maximum atomic E-state index is 13.8. The van der Waals surface area contributed by atoms with E-state index in [1.54, 1.807) is 6.07 Å². The third-order valence-electron chi connectivity index (χ3n) is 8.79. The van der Waals surface area contributed by atoms with Crippen molar-refractivity contribution in [3.05, 3.63) is 69.3 Å². The Kier molecular flexibility index (Phi) is 5.09. The minimum Gasteiger partial charge on any atom is -0.370 e. The summed E-state index contributed by atoms with van der Waals surface area (Å²) in [5.41, 5.74) is 7.41. The normalized spacial score (nSPS) is 21.4. The Morgan fingerprint density at radius 1 is 0.943 bits per heavy atom. The number of carbonyl (C=O) groups excluding carboxylic acids is 1. The Labute approximate surface area is 207 Å². The van der Waals surface area contributed by atoms with Gasteiger partial charge in [0.1, 0.15) is 6.07 Å². The molecule has 176 valence electrons. The van der Waals surface area contributed by atoms with Gasteiger partial charge in [-0.05, 0) is 91.7 Å². The van der Waals surface area contributed by atoms with Crippen LogP contribution in [0.15, 0.2) is 35.9 Å². The Morgan fingerprint density at radius 3 is 2.37 bits per heavy atom. The quantitative estimate of drug-likeness (QED) is 0.630. The predicted octanol–water partition coefficient (Wildman–Crippen LogP) is 4.98. The van der Waals surface area contributed by atoms with Gasteiger partial charge in [-0.25, -0.2) is 0 Å². The van der Waals surface area contributed by atoms with Crippen LogP contribution in [0.2, 0.25) is 0 Å². The van der Waals surface area contributed by atoms with E-state index in [4.69, 9.17) is 0 Å². The number of likely N-dealkylation sites (tertiary alicyclic amines) is 1. The van der Waals surface area contributed by atoms with E-state index in [1.165, 1.54) is 25.9 Å². The summed E-state index contributed by atoms with van der Waals surface area (Å²) >= 11 is 0. The van der Waals surface area contributed by atoms with Gasteiger partial charge < -0.3 is 9.80 Å². The highest BCUT2D eigenvalue weighted by Gasteiger charge is 2.43. The van der Waals surface area contributed by atoms with E-state index >= 15 is 0 Å². The second-order valence-corrected chi connectivity index (χ2v) is 11.0. The highest BCUT2D eigenvalue weighted by molar-refractivity contribution is 6.33. The minimum absolute atomic E-state index is 0.00794. The van der Waals surface area contributed by atoms with Crippen LogP contribution < -0.4 is 4.90 Å². The summed E-state index contributed by atoms with van der Waals surface area (Å²) in [7, 11) is 0. The number of Topliss-reactive ketones (excluding diaryl/α,β-unsaturated/α-hetero) is 1. The fourth-order valence-corrected chi connectivity index (χ4v) is 6.81. The van der Waals surface area contributed by atoms with Crippen LogP contribution in [-0.4, -0.2) is 42.9 Å². The Morgan fingerprint density at radius 2 is 1.69 bits per heavy atom. The van der Waals surface area contributed by atoms with Crippen LogP contribution in [-0.2, 0) is 11.8 Å². The maximum Gasteiger partial charge on any atom is 0.193 e. The second-order valence-electron chi connectivity index (χ2n) is 11.0. The van der Waals surface area contributed by atoms with Crippen LogP contribution in [0.25, 0.3) is 5.57 Å². The molecule has 2 aromatic rings. The first-order valence-corrected chi connectivity index (χ1v) is 12.8. The number of allylic oxidation sites excluding steroid dienone is 2. The van der Waals surface area contributed by atoms with Gasteiger partial charge in [0.2, 0.25) is 0 Å². The molecule has 2 aliphatic heterocycles. The number of fused-ring (bicyclic) bond motifs is 3. The van der Waals surface area contributed by atoms with Crippen molar-refractivity contribution < 1.29 is 4.79 Å². The molecular formula is C30H30N4O. The zero-order valence-corrected chi connectivity index (χ0v) is 20.5. The molecule has 2 fully saturated rings. The Balaban J connectivity index is 1.36. The highest BCUT2D eigenvalue weighted by atomic mass is 16.1. The molecule has 0 spiro atoms. The van der Waals surface area contributed by atoms with E-state index in [1.807, 2.05) is 18.2 Å². The molecule has 0 unspecified atom stereocenters. The summed E-state index contributed by atoms with van der Waals surface area (Å²) in [5, 5.41) is 19.4. The van der Waals surface area contributed by atoms with Crippen molar-refractivity contribution in [2.24, 2.45) is 0 Å². The number of nitrogens with zero attached hydrogens (tertiary/aromatic N) is 4. The lowest BCUT2D eigenvalue weighted by atomic mass is 9.68. The molecule has 0 radical (unpaired) electrons. The number of nitriles is 2. The molecule has 2 saturated heterocycles. The van der Waals surface area contributed by atoms with Crippen LogP contribution in [0, 0.1) is 22.7 Å². The third kappa shape index (κ3) is 3.33. The molecule has 5 heteroatoms. The number of hydrogen-bond donors (Lipinski definition) is 0. The average molecular weight is 463 g/mol. The Hall–Kier alpha value is -3.41. The van der Waals surface area contributed by atoms with Gasteiger partial charge in [-0.15, -0.1) is 0 Å². The van der Waals surface area contributed by atoms with Crippen molar-refractivity contribution in [3.8, 4) is 12.1 Å². The first kappa shape index (κ1) is 22.1. The molecule has 35 heavy (non-hydrogen) atoms. The van der Waals surface area contributed by atoms with Gasteiger partial charge >= 0.3 is 0 Å². The minimum atomic E-state index is -0.332. The summed E-state index contributed by atoms with van der Waals surface area (Å²) in [6.45, 7) is 8.72. The molecule has 2 aromatic carbocycles. The number of benzene rings is 2. The van der Waals surface area contributed by atoms with E-state index < -0.39 is 0 Å². The molecule has 0 amide bonds. The predicted molar refractivity (Wildman–Crippen MR) is 136 cm³/mol. The van der Waals surface area contributed by atoms with Crippen molar-refractivity contribution in [2.45, 2.75) is 57.4 Å². The topological polar surface area (TPSA) is 71.1 Å². The van der Waals surface area contributed by atoms with E-state index in [-0.39, 0.29) is 11.2 Å². The van der Waals surface area contributed by atoms with Gasteiger partial charge in [0.05, 0.1) is 22.9 Å². The lowest BCUT2D eigenvalue weighted by molar-refractivity contribution is 0.105. The summed E-state index contributed by atoms with van der Waals surface area (Å²) < 4.78 is 0. The molecular weight excluding hydrogens is 432 g/mol. The van der Waals surface area contributed by atoms with Gasteiger partial charge in [-0.2, -0.15) is 10.5 Å². The first-order valence-electron chi connectivity index (χ1n) is 12.8. The number of hydrogen-bond acceptors (Lipinski definition) is 5. The van der Waals surface area contributed by atoms with Gasteiger partial charge in [0.25, 0.3) is 0 Å². The number of carbonyl (C=O) groups is 1. The van der Waals surface area contributed by atoms with Crippen molar-refractivity contribution in [2.75, 3.05) is 31.1 Å². The Bertz CT molecular complexity index is 1360. The lowest BCUT2D eigenvalue weighted by Gasteiger charge is -2.40. The fourth-order valence-electron chi connectivity index (χ4n) is 6.81. The fraction of sp³-hybridized carbons (Fsp3) is 0.433. The summed E-state index contributed by atoms with van der Waals surface area (Å²) in [6, 6.07) is 14.9. The number of rotatable bonds is 2. The summed E-state index contributed by atoms with van der Waals surface area (Å²) in [5.74, 6) is 0.00794. The largest absolute Gasteiger partial charge is 0.370 e. The summed E-state index contributed by atoms with van der Waals surface area (Å²) in [4.78, 5) is 18.8. The molecule has 2 heterocycles. The number of piperidine rings is 1. The molecule has 0 bridgehead atoms. The van der Waals surface area contributed by atoms with Crippen molar-refractivity contribution in [1.82, 2.24) is 4.90 Å². The van der Waals surface area contributed by atoms with Crippen molar-refractivity contribution >= 4 is 17.0 Å². The first-order chi connectivity index (χ1) is 16.9. The lowest BCUT2D eigenvalue weighted by Crippen LogP contribution is -2.44. The molecule has 0 aromatic heterocycles. The zero-order chi connectivity index (χ0) is 24.3. The third-order valence-corrected chi connectivity index (χ3v) is 8.79. The van der Waals surface area contributed by atoms with Crippen molar-refractivity contribution in [1.29, 1.82) is 10.5 Å². The smallest absolute Gasteiger partial charge is 0.193 e. The molecule has 2 aliphatic carbocycles. The van der Waals surface area contributed by atoms with Crippen LogP contribution in [0.1, 0.15) is 77.7 Å². The van der Waals surface area contributed by atoms with Crippen LogP contribution >= 0.6 is 0 Å². The van der Waals surface area contributed by atoms with Gasteiger partial charge in [-0.1, -0.05) is 19.9 Å². The second kappa shape index (κ2) is 8.08. The maximum absolute atomic E-state index is 13.8. The number of ketones is 1. The van der Waals surface area contributed by atoms with Gasteiger partial charge in [0, 0.05) is 35.7 Å². The molecule has 5 nitrogen and oxygen atoms in total. The SMILES string of the molecule is CC1(C)C2=C(C(=O)c3cc(C#N)c(N4CCC(N5CCCC5)CC4)cc31)c1ccc(C#N)cc1C2. The highest BCUT2D eigenvalue weighted by Crippen LogP contribution is 2.51. The molecule has 0 N–H and O–H groups in total. The van der Waals surface area contributed by atoms with E-state index in [0.717, 1.165) is 59.5 Å². The van der Waals surface area contributed by atoms with Gasteiger partial charge in [0.15, 0.2) is 5.78 Å². The van der Waals surface area contributed by atoms with Crippen LogP contribution in [0.4, 0.5) is 5.69 Å². The zero-order valence-electron chi connectivity index (χ0n) is 20.5. The van der Waals surface area contributed by atoms with E-state index in [2.05, 4.69) is 41.9 Å². The standard InChI is InChI=1S/C30H30N4O/c1-30(2)25-16-27(34-11-7-22(8-12-34)33-9-3-4-10-33)21(18-32)14-24(25)29(35)28-23-6-5-19(17-31)13-20(23)15-26(28)30/h5-6,13-14,16,22H,3-4,7-12,15H2,1-2H3. The van der Waals surface area contributed by atoms with E-state index in [9.17, 15) is 15.3 Å².